The van der Waals surface area contributed by atoms with E-state index in [4.69, 9.17) is 10.5 Å². The van der Waals surface area contributed by atoms with Crippen molar-refractivity contribution in [1.82, 2.24) is 4.57 Å². The number of hydrogen-bond acceptors (Lipinski definition) is 5. The van der Waals surface area contributed by atoms with Crippen LogP contribution in [0.2, 0.25) is 0 Å². The maximum absolute atomic E-state index is 15.4. The van der Waals surface area contributed by atoms with Crippen molar-refractivity contribution in [3.05, 3.63) is 33.4 Å². The summed E-state index contributed by atoms with van der Waals surface area (Å²) >= 11 is 0. The molecule has 1 atom stereocenters. The molecule has 1 saturated carbocycles. The number of rotatable bonds is 5. The van der Waals surface area contributed by atoms with Crippen LogP contribution in [0.15, 0.2) is 11.0 Å². The number of aromatic carboxylic acids is 1. The van der Waals surface area contributed by atoms with Gasteiger partial charge in [-0.25, -0.2) is 9.18 Å². The van der Waals surface area contributed by atoms with Crippen molar-refractivity contribution in [2.75, 3.05) is 18.0 Å². The summed E-state index contributed by atoms with van der Waals surface area (Å²) in [5.74, 6) is -2.80. The minimum atomic E-state index is -3.25. The van der Waals surface area contributed by atoms with Gasteiger partial charge in [-0.15, -0.1) is 0 Å². The summed E-state index contributed by atoms with van der Waals surface area (Å²) in [7, 11) is 0. The first-order valence-corrected chi connectivity index (χ1v) is 9.30. The van der Waals surface area contributed by atoms with Gasteiger partial charge in [-0.2, -0.15) is 8.78 Å². The zero-order chi connectivity index (χ0) is 21.0. The second-order valence-corrected chi connectivity index (χ2v) is 7.53. The number of anilines is 1. The van der Waals surface area contributed by atoms with Crippen molar-refractivity contribution in [2.45, 2.75) is 44.9 Å². The summed E-state index contributed by atoms with van der Waals surface area (Å²) in [6.07, 6.45) is 3.06. The van der Waals surface area contributed by atoms with Crippen molar-refractivity contribution in [3.63, 3.8) is 0 Å². The van der Waals surface area contributed by atoms with Crippen LogP contribution in [0.3, 0.4) is 0 Å². The van der Waals surface area contributed by atoms with Gasteiger partial charge in [0.15, 0.2) is 11.6 Å². The predicted octanol–water partition coefficient (Wildman–Crippen LogP) is 2.62. The number of ether oxygens (including phenoxy) is 1. The average Bonchev–Trinajstić information content (AvgIpc) is 3.40. The van der Waals surface area contributed by atoms with Crippen LogP contribution in [0, 0.1) is 12.7 Å². The Hall–Kier alpha value is -2.75. The summed E-state index contributed by atoms with van der Waals surface area (Å²) < 4.78 is 48.2. The molecule has 2 aliphatic rings. The lowest BCUT2D eigenvalue weighted by atomic mass is 10.0. The Labute approximate surface area is 163 Å². The smallest absolute Gasteiger partial charge is 0.387 e. The average molecular weight is 411 g/mol. The van der Waals surface area contributed by atoms with E-state index in [1.165, 1.54) is 16.4 Å². The van der Waals surface area contributed by atoms with Crippen LogP contribution in [0.25, 0.3) is 10.9 Å². The summed E-state index contributed by atoms with van der Waals surface area (Å²) in [5.41, 5.74) is 4.18. The maximum Gasteiger partial charge on any atom is 0.387 e. The first-order valence-electron chi connectivity index (χ1n) is 9.30. The molecule has 2 aromatic rings. The molecule has 1 aliphatic heterocycles. The number of halogens is 3. The molecule has 29 heavy (non-hydrogen) atoms. The third-order valence-electron chi connectivity index (χ3n) is 5.50. The van der Waals surface area contributed by atoms with Gasteiger partial charge in [0.2, 0.25) is 5.43 Å². The third kappa shape index (κ3) is 3.21. The molecule has 1 unspecified atom stereocenters. The van der Waals surface area contributed by atoms with Crippen molar-refractivity contribution < 1.29 is 27.8 Å². The molecule has 1 saturated heterocycles. The van der Waals surface area contributed by atoms with E-state index in [-0.39, 0.29) is 40.8 Å². The Bertz CT molecular complexity index is 1070. The molecule has 0 spiro atoms. The molecule has 1 aromatic heterocycles. The van der Waals surface area contributed by atoms with E-state index in [1.54, 1.807) is 0 Å². The summed E-state index contributed by atoms with van der Waals surface area (Å²) in [5, 5.41) is 9.15. The van der Waals surface area contributed by atoms with Crippen LogP contribution >= 0.6 is 0 Å². The van der Waals surface area contributed by atoms with E-state index in [1.807, 2.05) is 0 Å². The van der Waals surface area contributed by atoms with Gasteiger partial charge in [-0.1, -0.05) is 0 Å². The maximum atomic E-state index is 15.4. The molecule has 10 heteroatoms. The van der Waals surface area contributed by atoms with Gasteiger partial charge in [-0.3, -0.25) is 4.79 Å². The summed E-state index contributed by atoms with van der Waals surface area (Å²) in [4.78, 5) is 25.9. The first-order chi connectivity index (χ1) is 13.7. The van der Waals surface area contributed by atoms with Crippen LogP contribution in [-0.2, 0) is 0 Å². The van der Waals surface area contributed by atoms with Crippen LogP contribution in [0.5, 0.6) is 5.75 Å². The standard InChI is InChI=1S/C19H20F3N3O4/c1-8-12-14(25(10-2-3-10)7-11(16(12)26)18(27)28)17(29-19(21)22)15(13(8)20)24-5-4-9(23)6-24/h7,9-10,19H,2-6,23H2,1H3,(H,27,28). The Balaban J connectivity index is 2.13. The second kappa shape index (κ2) is 6.94. The van der Waals surface area contributed by atoms with Crippen molar-refractivity contribution in [1.29, 1.82) is 0 Å². The Kier molecular flexibility index (Phi) is 4.68. The van der Waals surface area contributed by atoms with Gasteiger partial charge in [0.25, 0.3) is 0 Å². The molecule has 156 valence electrons. The minimum absolute atomic E-state index is 0.00262. The Morgan fingerprint density at radius 1 is 1.34 bits per heavy atom. The number of carboxylic acids is 1. The number of carboxylic acid groups (broad SMARTS) is 1. The number of carbonyl (C=O) groups is 1. The fourth-order valence-electron chi connectivity index (χ4n) is 3.98. The number of aryl methyl sites for hydroxylation is 1. The summed E-state index contributed by atoms with van der Waals surface area (Å²) in [6.45, 7) is -1.31. The number of fused-ring (bicyclic) bond motifs is 1. The van der Waals surface area contributed by atoms with Gasteiger partial charge >= 0.3 is 12.6 Å². The van der Waals surface area contributed by atoms with Crippen molar-refractivity contribution in [3.8, 4) is 5.75 Å². The highest BCUT2D eigenvalue weighted by Gasteiger charge is 2.35. The number of alkyl halides is 2. The van der Waals surface area contributed by atoms with E-state index in [0.29, 0.717) is 25.8 Å². The van der Waals surface area contributed by atoms with Gasteiger partial charge in [0.1, 0.15) is 11.3 Å². The van der Waals surface area contributed by atoms with E-state index >= 15 is 4.39 Å². The van der Waals surface area contributed by atoms with Gasteiger partial charge in [0.05, 0.1) is 10.9 Å². The molecule has 0 bridgehead atoms. The van der Waals surface area contributed by atoms with Crippen molar-refractivity contribution >= 4 is 22.6 Å². The lowest BCUT2D eigenvalue weighted by Crippen LogP contribution is -2.29. The third-order valence-corrected chi connectivity index (χ3v) is 5.50. The molecule has 0 radical (unpaired) electrons. The SMILES string of the molecule is Cc1c(F)c(N2CCC(N)C2)c(OC(F)F)c2c1c(=O)c(C(=O)O)cn2C1CC1. The highest BCUT2D eigenvalue weighted by Crippen LogP contribution is 2.46. The van der Waals surface area contributed by atoms with Gasteiger partial charge in [-0.05, 0) is 26.2 Å². The molecule has 7 nitrogen and oxygen atoms in total. The molecule has 3 N–H and O–H groups in total. The number of pyridine rings is 1. The number of aromatic nitrogens is 1. The minimum Gasteiger partial charge on any atom is -0.477 e. The number of nitrogens with zero attached hydrogens (tertiary/aromatic N) is 2. The molecule has 2 heterocycles. The number of nitrogens with two attached hydrogens (primary N) is 1. The van der Waals surface area contributed by atoms with Gasteiger partial charge < -0.3 is 25.0 Å². The lowest BCUT2D eigenvalue weighted by molar-refractivity contribution is -0.0488. The fourth-order valence-corrected chi connectivity index (χ4v) is 3.98. The van der Waals surface area contributed by atoms with Crippen LogP contribution in [-0.4, -0.2) is 41.4 Å². The quantitative estimate of drug-likeness (QED) is 0.785. The predicted molar refractivity (Wildman–Crippen MR) is 99.6 cm³/mol. The normalized spacial score (nSPS) is 19.4. The molecule has 0 amide bonds. The van der Waals surface area contributed by atoms with Gasteiger partial charge in [0, 0.05) is 36.9 Å². The largest absolute Gasteiger partial charge is 0.477 e. The molecule has 2 fully saturated rings. The van der Waals surface area contributed by atoms with E-state index in [2.05, 4.69) is 0 Å². The monoisotopic (exact) mass is 411 g/mol. The van der Waals surface area contributed by atoms with E-state index in [9.17, 15) is 23.5 Å². The second-order valence-electron chi connectivity index (χ2n) is 7.53. The van der Waals surface area contributed by atoms with E-state index < -0.39 is 35.1 Å². The summed E-state index contributed by atoms with van der Waals surface area (Å²) in [6, 6.07) is -0.417. The zero-order valence-electron chi connectivity index (χ0n) is 15.6. The van der Waals surface area contributed by atoms with Crippen LogP contribution in [0.4, 0.5) is 18.9 Å². The number of hydrogen-bond donors (Lipinski definition) is 2. The molecular weight excluding hydrogens is 391 g/mol. The lowest BCUT2D eigenvalue weighted by Gasteiger charge is -2.26. The fraction of sp³-hybridized carbons (Fsp3) is 0.474. The zero-order valence-corrected chi connectivity index (χ0v) is 15.6. The van der Waals surface area contributed by atoms with E-state index in [0.717, 1.165) is 6.20 Å². The van der Waals surface area contributed by atoms with Crippen molar-refractivity contribution in [2.24, 2.45) is 5.73 Å². The Morgan fingerprint density at radius 3 is 2.55 bits per heavy atom. The van der Waals surface area contributed by atoms with Crippen LogP contribution < -0.4 is 20.8 Å². The molecule has 1 aromatic carbocycles. The highest BCUT2D eigenvalue weighted by atomic mass is 19.3. The molecule has 1 aliphatic carbocycles. The Morgan fingerprint density at radius 2 is 2.03 bits per heavy atom. The first kappa shape index (κ1) is 19.6. The number of benzene rings is 1. The van der Waals surface area contributed by atoms with Crippen LogP contribution in [0.1, 0.15) is 41.2 Å². The molecule has 4 rings (SSSR count). The topological polar surface area (TPSA) is 97.8 Å². The molecular formula is C19H20F3N3O4. The highest BCUT2D eigenvalue weighted by molar-refractivity contribution is 5.99.